The number of hydrogen-bond donors (Lipinski definition) is 2. The van der Waals surface area contributed by atoms with Gasteiger partial charge in [0, 0.05) is 58.0 Å². The first-order valence-corrected chi connectivity index (χ1v) is 18.5. The van der Waals surface area contributed by atoms with E-state index in [4.69, 9.17) is 14.6 Å². The molecule has 2 N–H and O–H groups in total. The highest BCUT2D eigenvalue weighted by Gasteiger charge is 2.32. The normalized spacial score (nSPS) is 13.8. The first kappa shape index (κ1) is 41.0. The van der Waals surface area contributed by atoms with Crippen LogP contribution in [-0.2, 0) is 39.9 Å². The average Bonchev–Trinajstić information content (AvgIpc) is 3.21. The van der Waals surface area contributed by atoms with E-state index < -0.39 is 23.7 Å². The van der Waals surface area contributed by atoms with Crippen molar-refractivity contribution in [2.75, 3.05) is 71.1 Å². The van der Waals surface area contributed by atoms with Gasteiger partial charge >= 0.3 is 6.18 Å². The molecule has 0 radical (unpaired) electrons. The molecule has 12 heteroatoms. The number of nitrogens with zero attached hydrogens (tertiary/aromatic N) is 3. The van der Waals surface area contributed by atoms with Gasteiger partial charge in [-0.1, -0.05) is 66.7 Å². The third-order valence-electron chi connectivity index (χ3n) is 9.39. The number of benzene rings is 4. The maximum atomic E-state index is 14.4. The Kier molecular flexibility index (Phi) is 15.3. The van der Waals surface area contributed by atoms with Crippen molar-refractivity contribution in [3.05, 3.63) is 137 Å². The number of anilines is 1. The first-order chi connectivity index (χ1) is 26.6. The van der Waals surface area contributed by atoms with Gasteiger partial charge < -0.3 is 34.6 Å². The summed E-state index contributed by atoms with van der Waals surface area (Å²) >= 11 is 0. The summed E-state index contributed by atoms with van der Waals surface area (Å²) in [5, 5.41) is 12.4. The van der Waals surface area contributed by atoms with Gasteiger partial charge in [-0.05, 0) is 77.7 Å². The number of nitrogens with one attached hydrogen (secondary N) is 1. The second-order valence-electron chi connectivity index (χ2n) is 13.4. The van der Waals surface area contributed by atoms with E-state index >= 15 is 0 Å². The van der Waals surface area contributed by atoms with E-state index in [1.807, 2.05) is 78.9 Å². The van der Waals surface area contributed by atoms with Gasteiger partial charge in [-0.15, -0.1) is 0 Å². The molecule has 1 aliphatic rings. The molecule has 0 unspecified atom stereocenters. The van der Waals surface area contributed by atoms with Crippen molar-refractivity contribution >= 4 is 23.6 Å². The minimum Gasteiger partial charge on any atom is -0.491 e. The van der Waals surface area contributed by atoms with Crippen LogP contribution in [0.1, 0.15) is 27.8 Å². The average molecular weight is 759 g/mol. The Bertz CT molecular complexity index is 1820. The molecule has 0 bridgehead atoms. The molecule has 4 aromatic carbocycles. The Morgan fingerprint density at radius 1 is 0.909 bits per heavy atom. The van der Waals surface area contributed by atoms with Crippen molar-refractivity contribution in [3.63, 3.8) is 0 Å². The van der Waals surface area contributed by atoms with Crippen molar-refractivity contribution in [2.24, 2.45) is 0 Å². The van der Waals surface area contributed by atoms with Crippen LogP contribution < -0.4 is 15.0 Å². The van der Waals surface area contributed by atoms with Gasteiger partial charge in [0.15, 0.2) is 0 Å². The fourth-order valence-corrected chi connectivity index (χ4v) is 6.31. The second-order valence-corrected chi connectivity index (χ2v) is 13.4. The zero-order valence-electron chi connectivity index (χ0n) is 31.1. The van der Waals surface area contributed by atoms with Crippen LogP contribution in [0.15, 0.2) is 109 Å². The number of rotatable bonds is 18. The number of aliphatic hydroxyl groups excluding tert-OH is 1. The monoisotopic (exact) mass is 758 g/mol. The lowest BCUT2D eigenvalue weighted by atomic mass is 10.0. The SMILES string of the molecule is CN(CCNCCc1cccc(OCCO)c1)C(=O)[C@H](Cc1ccccc1)N(Cc1ccc(N2CCOCC2)cc1)C(=O)C=Cc1ccc(C(F)(F)F)cc1. The van der Waals surface area contributed by atoms with Gasteiger partial charge in [0.05, 0.1) is 25.4 Å². The molecular formula is C43H49F3N4O5. The lowest BCUT2D eigenvalue weighted by molar-refractivity contribution is -0.143. The molecule has 1 saturated heterocycles. The summed E-state index contributed by atoms with van der Waals surface area (Å²) in [5.41, 5.74) is 3.47. The molecule has 292 valence electrons. The molecule has 0 aliphatic carbocycles. The van der Waals surface area contributed by atoms with Gasteiger partial charge in [-0.2, -0.15) is 13.2 Å². The summed E-state index contributed by atoms with van der Waals surface area (Å²) in [6.45, 7) is 4.74. The summed E-state index contributed by atoms with van der Waals surface area (Å²) in [6.07, 6.45) is -0.675. The van der Waals surface area contributed by atoms with Gasteiger partial charge in [0.1, 0.15) is 18.4 Å². The Morgan fingerprint density at radius 2 is 1.62 bits per heavy atom. The van der Waals surface area contributed by atoms with Gasteiger partial charge in [-0.3, -0.25) is 9.59 Å². The van der Waals surface area contributed by atoms with Gasteiger partial charge in [0.25, 0.3) is 0 Å². The van der Waals surface area contributed by atoms with Crippen LogP contribution in [0.5, 0.6) is 5.75 Å². The van der Waals surface area contributed by atoms with E-state index in [9.17, 15) is 22.8 Å². The van der Waals surface area contributed by atoms with Crippen LogP contribution in [0.4, 0.5) is 18.9 Å². The maximum absolute atomic E-state index is 14.4. The molecule has 1 atom stereocenters. The Balaban J connectivity index is 1.33. The molecule has 0 saturated carbocycles. The Morgan fingerprint density at radius 3 is 2.31 bits per heavy atom. The Hall–Kier alpha value is -5.17. The number of alkyl halides is 3. The summed E-state index contributed by atoms with van der Waals surface area (Å²) in [6, 6.07) is 28.8. The van der Waals surface area contributed by atoms with Gasteiger partial charge in [-0.25, -0.2) is 0 Å². The lowest BCUT2D eigenvalue weighted by Gasteiger charge is -2.34. The number of carbonyl (C=O) groups is 2. The van der Waals surface area contributed by atoms with Crippen LogP contribution in [0, 0.1) is 0 Å². The minimum absolute atomic E-state index is 0.0575. The molecule has 0 spiro atoms. The van der Waals surface area contributed by atoms with Crippen LogP contribution in [0.25, 0.3) is 6.08 Å². The smallest absolute Gasteiger partial charge is 0.416 e. The molecule has 1 fully saturated rings. The van der Waals surface area contributed by atoms with Crippen molar-refractivity contribution in [1.29, 1.82) is 0 Å². The van der Waals surface area contributed by atoms with Crippen molar-refractivity contribution in [1.82, 2.24) is 15.1 Å². The van der Waals surface area contributed by atoms with E-state index in [-0.39, 0.29) is 32.1 Å². The van der Waals surface area contributed by atoms with Crippen molar-refractivity contribution < 1.29 is 37.3 Å². The van der Waals surface area contributed by atoms with Gasteiger partial charge in [0.2, 0.25) is 11.8 Å². The zero-order chi connectivity index (χ0) is 39.0. The fraction of sp³-hybridized carbons (Fsp3) is 0.349. The minimum atomic E-state index is -4.47. The number of amides is 2. The van der Waals surface area contributed by atoms with E-state index in [1.54, 1.807) is 16.8 Å². The summed E-state index contributed by atoms with van der Waals surface area (Å²) in [7, 11) is 1.72. The number of aliphatic hydroxyl groups is 1. The number of halogens is 3. The number of hydrogen-bond acceptors (Lipinski definition) is 7. The maximum Gasteiger partial charge on any atom is 0.416 e. The molecular weight excluding hydrogens is 709 g/mol. The summed E-state index contributed by atoms with van der Waals surface area (Å²) < 4.78 is 50.6. The van der Waals surface area contributed by atoms with Crippen LogP contribution in [0.2, 0.25) is 0 Å². The van der Waals surface area contributed by atoms with Crippen LogP contribution in [-0.4, -0.2) is 99.0 Å². The zero-order valence-corrected chi connectivity index (χ0v) is 31.1. The van der Waals surface area contributed by atoms with E-state index in [0.29, 0.717) is 44.2 Å². The fourth-order valence-electron chi connectivity index (χ4n) is 6.31. The topological polar surface area (TPSA) is 94.6 Å². The lowest BCUT2D eigenvalue weighted by Crippen LogP contribution is -2.51. The number of ether oxygens (including phenoxy) is 2. The number of likely N-dealkylation sites (N-methyl/N-ethyl adjacent to an activating group) is 1. The van der Waals surface area contributed by atoms with E-state index in [0.717, 1.165) is 54.0 Å². The Labute approximate surface area is 321 Å². The highest BCUT2D eigenvalue weighted by Crippen LogP contribution is 2.29. The highest BCUT2D eigenvalue weighted by molar-refractivity contribution is 5.95. The molecule has 4 aromatic rings. The predicted molar refractivity (Wildman–Crippen MR) is 208 cm³/mol. The summed E-state index contributed by atoms with van der Waals surface area (Å²) in [4.78, 5) is 34.0. The molecule has 5 rings (SSSR count). The molecule has 2 amide bonds. The highest BCUT2D eigenvalue weighted by atomic mass is 19.4. The largest absolute Gasteiger partial charge is 0.491 e. The van der Waals surface area contributed by atoms with E-state index in [1.165, 1.54) is 24.3 Å². The first-order valence-electron chi connectivity index (χ1n) is 18.5. The second kappa shape index (κ2) is 20.5. The predicted octanol–water partition coefficient (Wildman–Crippen LogP) is 5.86. The molecule has 9 nitrogen and oxygen atoms in total. The molecule has 55 heavy (non-hydrogen) atoms. The summed E-state index contributed by atoms with van der Waals surface area (Å²) in [5.74, 6) is 0.0199. The standard InChI is InChI=1S/C43H49F3N4O5/c1-48(23-22-47-21-20-35-8-5-9-39(30-35)55-29-26-51)42(53)40(31-34-6-3-2-4-7-34)50(32-36-12-17-38(18-13-36)49-24-27-54-28-25-49)41(52)19-14-33-10-15-37(16-11-33)43(44,45)46/h2-19,30,40,47,51H,20-29,31-32H2,1H3/t40-/m0/s1. The number of carbonyl (C=O) groups excluding carboxylic acids is 2. The quantitative estimate of drug-likeness (QED) is 0.0971. The van der Waals surface area contributed by atoms with Crippen LogP contribution in [0.3, 0.4) is 0 Å². The van der Waals surface area contributed by atoms with Crippen molar-refractivity contribution in [2.45, 2.75) is 31.6 Å². The third kappa shape index (κ3) is 12.7. The molecule has 0 aromatic heterocycles. The number of morpholine rings is 1. The molecule has 1 aliphatic heterocycles. The van der Waals surface area contributed by atoms with Crippen molar-refractivity contribution in [3.8, 4) is 5.75 Å². The van der Waals surface area contributed by atoms with Crippen LogP contribution >= 0.6 is 0 Å². The molecule has 1 heterocycles. The van der Waals surface area contributed by atoms with E-state index in [2.05, 4.69) is 10.2 Å². The third-order valence-corrected chi connectivity index (χ3v) is 9.39.